The Kier molecular flexibility index (Phi) is 3.91. The number of β-amino-alcohol motifs (C(OH)–C–C–N with tert-alkyl or cyclic N) is 1. The van der Waals surface area contributed by atoms with Crippen LogP contribution in [-0.4, -0.2) is 59.1 Å². The lowest BCUT2D eigenvalue weighted by molar-refractivity contribution is 0.0839. The van der Waals surface area contributed by atoms with Crippen LogP contribution in [0.2, 0.25) is 0 Å². The summed E-state index contributed by atoms with van der Waals surface area (Å²) in [6, 6.07) is 0. The van der Waals surface area contributed by atoms with Crippen LogP contribution in [-0.2, 0) is 12.0 Å². The zero-order valence-electron chi connectivity index (χ0n) is 16.3. The molecule has 10 nitrogen and oxygen atoms in total. The molecular weight excluding hydrogens is 348 g/mol. The van der Waals surface area contributed by atoms with Gasteiger partial charge in [0.05, 0.1) is 5.60 Å². The summed E-state index contributed by atoms with van der Waals surface area (Å²) < 4.78 is 4.75. The van der Waals surface area contributed by atoms with Crippen molar-refractivity contribution in [3.8, 4) is 0 Å². The Morgan fingerprint density at radius 2 is 1.96 bits per heavy atom. The monoisotopic (exact) mass is 372 g/mol. The van der Waals surface area contributed by atoms with Crippen molar-refractivity contribution in [2.24, 2.45) is 0 Å². The summed E-state index contributed by atoms with van der Waals surface area (Å²) in [7, 11) is 0. The third kappa shape index (κ3) is 3.36. The summed E-state index contributed by atoms with van der Waals surface area (Å²) in [6.45, 7) is 11.4. The molecule has 0 spiro atoms. The minimum atomic E-state index is -0.737. The molecule has 1 aliphatic rings. The maximum Gasteiger partial charge on any atom is 0.207 e. The van der Waals surface area contributed by atoms with Crippen LogP contribution >= 0.6 is 0 Å². The van der Waals surface area contributed by atoms with E-state index in [2.05, 4.69) is 51.2 Å². The smallest absolute Gasteiger partial charge is 0.207 e. The molecule has 0 radical (unpaired) electrons. The lowest BCUT2D eigenvalue weighted by Gasteiger charge is -2.22. The van der Waals surface area contributed by atoms with Crippen LogP contribution < -0.4 is 4.90 Å². The van der Waals surface area contributed by atoms with Crippen LogP contribution in [0.1, 0.15) is 51.3 Å². The van der Waals surface area contributed by atoms with Gasteiger partial charge < -0.3 is 10.0 Å². The molecule has 1 N–H and O–H groups in total. The van der Waals surface area contributed by atoms with Gasteiger partial charge in [-0.3, -0.25) is 0 Å². The summed E-state index contributed by atoms with van der Waals surface area (Å²) in [5, 5.41) is 27.2. The van der Waals surface area contributed by atoms with Gasteiger partial charge in [0.15, 0.2) is 11.3 Å². The van der Waals surface area contributed by atoms with Crippen LogP contribution in [0.5, 0.6) is 0 Å². The first-order valence-electron chi connectivity index (χ1n) is 9.01. The van der Waals surface area contributed by atoms with Crippen molar-refractivity contribution < 1.29 is 9.74 Å². The average Bonchev–Trinajstić information content (AvgIpc) is 3.25. The molecule has 3 aromatic heterocycles. The molecule has 0 aromatic carbocycles. The Morgan fingerprint density at radius 1 is 1.19 bits per heavy atom. The highest BCUT2D eigenvalue weighted by molar-refractivity contribution is 5.82. The molecule has 144 valence electrons. The second-order valence-corrected chi connectivity index (χ2v) is 8.49. The number of hydrogen-bond acceptors (Lipinski definition) is 9. The fourth-order valence-corrected chi connectivity index (χ4v) is 3.12. The number of anilines is 1. The van der Waals surface area contributed by atoms with Crippen LogP contribution in [0.3, 0.4) is 0 Å². The summed E-state index contributed by atoms with van der Waals surface area (Å²) in [5.74, 6) is 1.41. The zero-order chi connectivity index (χ0) is 19.4. The first-order chi connectivity index (χ1) is 12.6. The average molecular weight is 372 g/mol. The van der Waals surface area contributed by atoms with Crippen molar-refractivity contribution >= 4 is 17.0 Å². The van der Waals surface area contributed by atoms with Gasteiger partial charge in [0.1, 0.15) is 23.8 Å². The molecule has 0 saturated carbocycles. The molecule has 0 amide bonds. The van der Waals surface area contributed by atoms with Crippen LogP contribution in [0.15, 0.2) is 4.63 Å². The lowest BCUT2D eigenvalue weighted by Crippen LogP contribution is -2.31. The predicted octanol–water partition coefficient (Wildman–Crippen LogP) is 1.22. The van der Waals surface area contributed by atoms with Crippen molar-refractivity contribution in [2.45, 2.75) is 58.6 Å². The van der Waals surface area contributed by atoms with Gasteiger partial charge in [0, 0.05) is 18.5 Å². The Hall–Kier alpha value is -2.62. The molecule has 27 heavy (non-hydrogen) atoms. The van der Waals surface area contributed by atoms with E-state index in [1.165, 1.54) is 4.80 Å². The maximum absolute atomic E-state index is 10.4. The summed E-state index contributed by atoms with van der Waals surface area (Å²) >= 11 is 0. The number of fused-ring (bicyclic) bond motifs is 1. The number of hydrogen-bond donors (Lipinski definition) is 1. The second-order valence-electron chi connectivity index (χ2n) is 8.49. The fourth-order valence-electron chi connectivity index (χ4n) is 3.12. The zero-order valence-corrected chi connectivity index (χ0v) is 16.3. The molecule has 1 atom stereocenters. The molecule has 0 bridgehead atoms. The molecular formula is C17H24N8O2. The molecule has 1 unspecified atom stereocenters. The minimum absolute atomic E-state index is 0.235. The second kappa shape index (κ2) is 5.95. The Balaban J connectivity index is 1.80. The van der Waals surface area contributed by atoms with E-state index in [1.54, 1.807) is 0 Å². The van der Waals surface area contributed by atoms with Crippen LogP contribution in [0, 0.1) is 6.92 Å². The van der Waals surface area contributed by atoms with Gasteiger partial charge in [-0.2, -0.15) is 4.80 Å². The topological polar surface area (TPSA) is 119 Å². The number of nitrogens with zero attached hydrogens (tertiary/aromatic N) is 8. The van der Waals surface area contributed by atoms with E-state index in [0.717, 1.165) is 0 Å². The highest BCUT2D eigenvalue weighted by Crippen LogP contribution is 2.31. The highest BCUT2D eigenvalue weighted by atomic mass is 16.6. The number of aliphatic hydroxyl groups is 1. The van der Waals surface area contributed by atoms with Crippen molar-refractivity contribution in [1.82, 2.24) is 35.3 Å². The molecule has 4 rings (SSSR count). The van der Waals surface area contributed by atoms with Gasteiger partial charge in [-0.25, -0.2) is 14.6 Å². The van der Waals surface area contributed by atoms with Crippen molar-refractivity contribution in [1.29, 1.82) is 0 Å². The van der Waals surface area contributed by atoms with E-state index in [0.29, 0.717) is 60.2 Å². The first-order valence-corrected chi connectivity index (χ1v) is 9.01. The highest BCUT2D eigenvalue weighted by Gasteiger charge is 2.34. The maximum atomic E-state index is 10.4. The number of aryl methyl sites for hydroxylation is 1. The molecule has 1 fully saturated rings. The summed E-state index contributed by atoms with van der Waals surface area (Å²) in [5.41, 5.74) is 1.55. The van der Waals surface area contributed by atoms with E-state index in [4.69, 9.17) is 9.61 Å². The SMILES string of the molecule is Cc1nonc1Cn1nc2nc(C(C)(C)C)nc(N3CCC(C)(O)C3)c2n1. The lowest BCUT2D eigenvalue weighted by atomic mass is 9.96. The van der Waals surface area contributed by atoms with E-state index < -0.39 is 5.60 Å². The fraction of sp³-hybridized carbons (Fsp3) is 0.647. The molecule has 0 aliphatic carbocycles. The van der Waals surface area contributed by atoms with Gasteiger partial charge in [-0.1, -0.05) is 31.1 Å². The Morgan fingerprint density at radius 3 is 2.56 bits per heavy atom. The third-order valence-corrected chi connectivity index (χ3v) is 4.73. The van der Waals surface area contributed by atoms with Crippen LogP contribution in [0.4, 0.5) is 5.82 Å². The predicted molar refractivity (Wildman–Crippen MR) is 97.4 cm³/mol. The largest absolute Gasteiger partial charge is 0.388 e. The quantitative estimate of drug-likeness (QED) is 0.723. The van der Waals surface area contributed by atoms with Gasteiger partial charge in [0.2, 0.25) is 5.65 Å². The van der Waals surface area contributed by atoms with E-state index in [9.17, 15) is 5.11 Å². The van der Waals surface area contributed by atoms with Crippen molar-refractivity contribution in [3.63, 3.8) is 0 Å². The Bertz CT molecular complexity index is 985. The molecule has 3 aromatic rings. The first kappa shape index (κ1) is 17.8. The van der Waals surface area contributed by atoms with Gasteiger partial charge >= 0.3 is 0 Å². The summed E-state index contributed by atoms with van der Waals surface area (Å²) in [4.78, 5) is 13.0. The Labute approximate surface area is 156 Å². The minimum Gasteiger partial charge on any atom is -0.388 e. The molecule has 4 heterocycles. The standard InChI is InChI=1S/C17H24N8O2/c1-10-11(23-27-22-10)8-25-20-12-13(21-25)18-15(16(2,3)4)19-14(12)24-7-6-17(5,26)9-24/h26H,6-9H2,1-5H3. The van der Waals surface area contributed by atoms with Crippen LogP contribution in [0.25, 0.3) is 11.2 Å². The summed E-state index contributed by atoms with van der Waals surface area (Å²) in [6.07, 6.45) is 0.682. The molecule has 10 heteroatoms. The van der Waals surface area contributed by atoms with Crippen molar-refractivity contribution in [3.05, 3.63) is 17.2 Å². The normalized spacial score (nSPS) is 20.7. The van der Waals surface area contributed by atoms with Gasteiger partial charge in [-0.05, 0) is 20.3 Å². The molecule has 1 aliphatic heterocycles. The van der Waals surface area contributed by atoms with Gasteiger partial charge in [-0.15, -0.1) is 10.2 Å². The van der Waals surface area contributed by atoms with Crippen molar-refractivity contribution in [2.75, 3.05) is 18.0 Å². The number of aromatic nitrogens is 7. The third-order valence-electron chi connectivity index (χ3n) is 4.73. The van der Waals surface area contributed by atoms with Gasteiger partial charge in [0.25, 0.3) is 0 Å². The van der Waals surface area contributed by atoms with E-state index in [1.807, 2.05) is 13.8 Å². The molecule has 1 saturated heterocycles. The number of rotatable bonds is 3. The van der Waals surface area contributed by atoms with E-state index >= 15 is 0 Å². The van der Waals surface area contributed by atoms with E-state index in [-0.39, 0.29) is 5.41 Å².